The molecule has 5 heteroatoms. The van der Waals surface area contributed by atoms with Crippen LogP contribution in [-0.2, 0) is 0 Å². The van der Waals surface area contributed by atoms with E-state index in [-0.39, 0.29) is 5.75 Å². The largest absolute Gasteiger partial charge is 0.506 e. The van der Waals surface area contributed by atoms with Gasteiger partial charge in [0.25, 0.3) is 0 Å². The third-order valence-corrected chi connectivity index (χ3v) is 5.27. The molecule has 1 saturated carbocycles. The number of piperidine rings is 1. The number of hydrogen-bond donors (Lipinski definition) is 2. The monoisotopic (exact) mass is 312 g/mol. The van der Waals surface area contributed by atoms with Gasteiger partial charge in [0.15, 0.2) is 0 Å². The number of hydrogen-bond acceptors (Lipinski definition) is 4. The second kappa shape index (κ2) is 5.89. The molecule has 23 heavy (non-hydrogen) atoms. The summed E-state index contributed by atoms with van der Waals surface area (Å²) >= 11 is 0. The first-order valence-corrected chi connectivity index (χ1v) is 8.61. The van der Waals surface area contributed by atoms with Crippen molar-refractivity contribution in [3.05, 3.63) is 36.2 Å². The van der Waals surface area contributed by atoms with Crippen LogP contribution in [0, 0.1) is 0 Å². The van der Waals surface area contributed by atoms with Crippen LogP contribution in [0.25, 0.3) is 5.69 Å². The average Bonchev–Trinajstić information content (AvgIpc) is 2.91. The molecule has 2 aliphatic rings. The lowest BCUT2D eigenvalue weighted by molar-refractivity contribution is 0.399. The number of anilines is 1. The molecule has 0 amide bonds. The highest BCUT2D eigenvalue weighted by atomic mass is 16.3. The number of aromatic hydroxyl groups is 1. The van der Waals surface area contributed by atoms with Crippen molar-refractivity contribution < 1.29 is 5.11 Å². The van der Waals surface area contributed by atoms with E-state index < -0.39 is 0 Å². The zero-order chi connectivity index (χ0) is 15.8. The summed E-state index contributed by atoms with van der Waals surface area (Å²) in [7, 11) is 0. The molecular formula is C18H24N4O. The molecule has 0 spiro atoms. The van der Waals surface area contributed by atoms with Crippen molar-refractivity contribution in [2.24, 2.45) is 5.73 Å². The van der Waals surface area contributed by atoms with Gasteiger partial charge in [-0.3, -0.25) is 0 Å². The van der Waals surface area contributed by atoms with Crippen LogP contribution in [0.15, 0.2) is 30.5 Å². The van der Waals surface area contributed by atoms with Crippen LogP contribution in [-0.4, -0.2) is 34.0 Å². The summed E-state index contributed by atoms with van der Waals surface area (Å²) in [5, 5.41) is 14.9. The van der Waals surface area contributed by atoms with E-state index in [1.54, 1.807) is 6.07 Å². The number of aromatic nitrogens is 2. The number of nitrogens with zero attached hydrogens (tertiary/aromatic N) is 3. The van der Waals surface area contributed by atoms with Crippen molar-refractivity contribution >= 4 is 5.69 Å². The Morgan fingerprint density at radius 1 is 1.04 bits per heavy atom. The lowest BCUT2D eigenvalue weighted by Gasteiger charge is -2.35. The number of rotatable bonds is 3. The molecule has 0 bridgehead atoms. The van der Waals surface area contributed by atoms with E-state index in [2.05, 4.69) is 10.00 Å². The summed E-state index contributed by atoms with van der Waals surface area (Å²) in [6.45, 7) is 1.99. The second-order valence-electron chi connectivity index (χ2n) is 6.77. The molecule has 3 N–H and O–H groups in total. The zero-order valence-electron chi connectivity index (χ0n) is 13.4. The number of phenolic OH excluding ortho intramolecular Hbond substituents is 1. The van der Waals surface area contributed by atoms with Crippen LogP contribution in [0.1, 0.15) is 43.7 Å². The van der Waals surface area contributed by atoms with Crippen LogP contribution < -0.4 is 10.6 Å². The van der Waals surface area contributed by atoms with E-state index in [0.29, 0.717) is 12.0 Å². The molecule has 122 valence electrons. The van der Waals surface area contributed by atoms with E-state index in [1.165, 1.54) is 30.6 Å². The van der Waals surface area contributed by atoms with Crippen LogP contribution in [0.2, 0.25) is 0 Å². The SMILES string of the molecule is NC1CCN(c2cnn(-c3ccccc3O)c2C2CCC2)CC1. The average molecular weight is 312 g/mol. The second-order valence-corrected chi connectivity index (χ2v) is 6.77. The summed E-state index contributed by atoms with van der Waals surface area (Å²) in [6, 6.07) is 7.77. The lowest BCUT2D eigenvalue weighted by atomic mass is 9.82. The van der Waals surface area contributed by atoms with Crippen molar-refractivity contribution in [3.63, 3.8) is 0 Å². The number of para-hydroxylation sites is 2. The molecule has 1 aromatic carbocycles. The van der Waals surface area contributed by atoms with Crippen molar-refractivity contribution in [1.29, 1.82) is 0 Å². The Balaban J connectivity index is 1.74. The van der Waals surface area contributed by atoms with Crippen LogP contribution in [0.3, 0.4) is 0 Å². The summed E-state index contributed by atoms with van der Waals surface area (Å²) in [4.78, 5) is 2.42. The minimum absolute atomic E-state index is 0.281. The van der Waals surface area contributed by atoms with Gasteiger partial charge in [0.05, 0.1) is 17.6 Å². The summed E-state index contributed by atoms with van der Waals surface area (Å²) < 4.78 is 1.95. The van der Waals surface area contributed by atoms with Crippen molar-refractivity contribution in [2.75, 3.05) is 18.0 Å². The fourth-order valence-electron chi connectivity index (χ4n) is 3.63. The maximum Gasteiger partial charge on any atom is 0.141 e. The molecular weight excluding hydrogens is 288 g/mol. The fourth-order valence-corrected chi connectivity index (χ4v) is 3.63. The van der Waals surface area contributed by atoms with Gasteiger partial charge >= 0.3 is 0 Å². The van der Waals surface area contributed by atoms with Crippen molar-refractivity contribution in [1.82, 2.24) is 9.78 Å². The maximum absolute atomic E-state index is 10.2. The lowest BCUT2D eigenvalue weighted by Crippen LogP contribution is -2.40. The number of phenols is 1. The Morgan fingerprint density at radius 2 is 1.78 bits per heavy atom. The molecule has 2 aromatic rings. The normalized spacial score (nSPS) is 19.8. The highest BCUT2D eigenvalue weighted by Crippen LogP contribution is 2.43. The Kier molecular flexibility index (Phi) is 3.73. The summed E-state index contributed by atoms with van der Waals surface area (Å²) in [5.74, 6) is 0.825. The van der Waals surface area contributed by atoms with Gasteiger partial charge in [-0.05, 0) is 37.8 Å². The molecule has 1 aromatic heterocycles. The van der Waals surface area contributed by atoms with Gasteiger partial charge in [0.2, 0.25) is 0 Å². The highest BCUT2D eigenvalue weighted by Gasteiger charge is 2.30. The van der Waals surface area contributed by atoms with Gasteiger partial charge in [-0.2, -0.15) is 5.10 Å². The molecule has 4 rings (SSSR count). The van der Waals surface area contributed by atoms with Crippen LogP contribution in [0.5, 0.6) is 5.75 Å². The van der Waals surface area contributed by atoms with E-state index in [0.717, 1.165) is 31.6 Å². The minimum atomic E-state index is 0.281. The molecule has 2 fully saturated rings. The molecule has 0 unspecified atom stereocenters. The van der Waals surface area contributed by atoms with Crippen molar-refractivity contribution in [3.8, 4) is 11.4 Å². The third-order valence-electron chi connectivity index (χ3n) is 5.27. The molecule has 2 heterocycles. The first-order chi connectivity index (χ1) is 11.2. The van der Waals surface area contributed by atoms with Gasteiger partial charge in [0, 0.05) is 25.0 Å². The molecule has 0 atom stereocenters. The smallest absolute Gasteiger partial charge is 0.141 e. The minimum Gasteiger partial charge on any atom is -0.506 e. The van der Waals surface area contributed by atoms with E-state index in [9.17, 15) is 5.11 Å². The number of nitrogens with two attached hydrogens (primary N) is 1. The van der Waals surface area contributed by atoms with Crippen LogP contribution >= 0.6 is 0 Å². The van der Waals surface area contributed by atoms with Crippen LogP contribution in [0.4, 0.5) is 5.69 Å². The topological polar surface area (TPSA) is 67.3 Å². The Morgan fingerprint density at radius 3 is 2.43 bits per heavy atom. The third kappa shape index (κ3) is 2.59. The predicted octanol–water partition coefficient (Wildman–Crippen LogP) is 2.77. The standard InChI is InChI=1S/C18H24N4O/c19-14-8-10-21(11-9-14)16-12-20-22(18(16)13-4-3-5-13)15-6-1-2-7-17(15)23/h1-2,6-7,12-14,23H,3-5,8-11,19H2. The van der Waals surface area contributed by atoms with Gasteiger partial charge in [-0.25, -0.2) is 4.68 Å². The molecule has 1 aliphatic heterocycles. The Labute approximate surface area is 136 Å². The summed E-state index contributed by atoms with van der Waals surface area (Å²) in [6.07, 6.45) is 7.73. The van der Waals surface area contributed by atoms with Crippen molar-refractivity contribution in [2.45, 2.75) is 44.1 Å². The van der Waals surface area contributed by atoms with Gasteiger partial charge in [-0.1, -0.05) is 18.6 Å². The summed E-state index contributed by atoms with van der Waals surface area (Å²) in [5.41, 5.74) is 9.30. The van der Waals surface area contributed by atoms with Gasteiger partial charge in [0.1, 0.15) is 11.4 Å². The van der Waals surface area contributed by atoms with Gasteiger partial charge in [-0.15, -0.1) is 0 Å². The number of benzene rings is 1. The maximum atomic E-state index is 10.2. The molecule has 1 saturated heterocycles. The predicted molar refractivity (Wildman–Crippen MR) is 91.2 cm³/mol. The van der Waals surface area contributed by atoms with E-state index >= 15 is 0 Å². The first-order valence-electron chi connectivity index (χ1n) is 8.61. The first kappa shape index (κ1) is 14.6. The molecule has 0 radical (unpaired) electrons. The Bertz CT molecular complexity index is 684. The quantitative estimate of drug-likeness (QED) is 0.914. The highest BCUT2D eigenvalue weighted by molar-refractivity contribution is 5.57. The zero-order valence-corrected chi connectivity index (χ0v) is 13.4. The fraction of sp³-hybridized carbons (Fsp3) is 0.500. The Hall–Kier alpha value is -2.01. The molecule has 1 aliphatic carbocycles. The van der Waals surface area contributed by atoms with Gasteiger partial charge < -0.3 is 15.7 Å². The van der Waals surface area contributed by atoms with E-state index in [1.807, 2.05) is 29.1 Å². The molecule has 5 nitrogen and oxygen atoms in total. The van der Waals surface area contributed by atoms with E-state index in [4.69, 9.17) is 5.73 Å².